The lowest BCUT2D eigenvalue weighted by Crippen LogP contribution is -2.11. The lowest BCUT2D eigenvalue weighted by atomic mass is 10.1. The second-order valence-electron chi connectivity index (χ2n) is 6.13. The number of aromatic nitrogens is 3. The molecule has 4 aromatic rings. The molecule has 7 nitrogen and oxygen atoms in total. The van der Waals surface area contributed by atoms with Crippen LogP contribution >= 0.6 is 0 Å². The van der Waals surface area contributed by atoms with Gasteiger partial charge in [0, 0.05) is 12.3 Å². The summed E-state index contributed by atoms with van der Waals surface area (Å²) in [5.74, 6) is 0.219. The third kappa shape index (κ3) is 4.21. The number of rotatable bonds is 5. The molecule has 3 aromatic heterocycles. The molecule has 148 valence electrons. The molecule has 1 aromatic carbocycles. The van der Waals surface area contributed by atoms with E-state index >= 15 is 0 Å². The number of furan rings is 1. The molecule has 0 aliphatic heterocycles. The highest BCUT2D eigenvalue weighted by atomic mass is 19.4. The third-order valence-electron chi connectivity index (χ3n) is 4.00. The summed E-state index contributed by atoms with van der Waals surface area (Å²) in [7, 11) is 0. The molecular weight excluding hydrogens is 389 g/mol. The highest BCUT2D eigenvalue weighted by molar-refractivity contribution is 6.03. The minimum Gasteiger partial charge on any atom is -0.461 e. The van der Waals surface area contributed by atoms with Crippen LogP contribution in [0.25, 0.3) is 11.5 Å². The molecule has 0 atom stereocenters. The molecule has 0 unspecified atom stereocenters. The molecule has 0 bridgehead atoms. The van der Waals surface area contributed by atoms with Gasteiger partial charge in [-0.1, -0.05) is 17.3 Å². The predicted molar refractivity (Wildman–Crippen MR) is 94.9 cm³/mol. The van der Waals surface area contributed by atoms with Crippen molar-refractivity contribution < 1.29 is 26.9 Å². The zero-order valence-corrected chi connectivity index (χ0v) is 14.7. The fourth-order valence-electron chi connectivity index (χ4n) is 2.66. The summed E-state index contributed by atoms with van der Waals surface area (Å²) in [6.45, 7) is 0.117. The van der Waals surface area contributed by atoms with Crippen LogP contribution < -0.4 is 5.32 Å². The molecule has 3 heterocycles. The van der Waals surface area contributed by atoms with Gasteiger partial charge in [-0.05, 0) is 29.8 Å². The Bertz CT molecular complexity index is 1130. The summed E-state index contributed by atoms with van der Waals surface area (Å²) in [6.07, 6.45) is -0.0491. The van der Waals surface area contributed by atoms with Gasteiger partial charge in [0.1, 0.15) is 0 Å². The largest absolute Gasteiger partial charge is 0.461 e. The van der Waals surface area contributed by atoms with Gasteiger partial charge in [-0.15, -0.1) is 0 Å². The van der Waals surface area contributed by atoms with Crippen LogP contribution in [0, 0.1) is 0 Å². The first-order chi connectivity index (χ1) is 13.9. The van der Waals surface area contributed by atoms with E-state index in [1.165, 1.54) is 35.5 Å². The summed E-state index contributed by atoms with van der Waals surface area (Å²) in [5.41, 5.74) is 0.112. The molecule has 0 radical (unpaired) electrons. The van der Waals surface area contributed by atoms with Crippen LogP contribution in [-0.2, 0) is 12.7 Å². The molecule has 0 fully saturated rings. The van der Waals surface area contributed by atoms with Gasteiger partial charge in [-0.25, -0.2) is 0 Å². The minimum atomic E-state index is -4.41. The number of benzene rings is 1. The van der Waals surface area contributed by atoms with E-state index in [9.17, 15) is 18.0 Å². The van der Waals surface area contributed by atoms with Crippen molar-refractivity contribution in [3.63, 3.8) is 0 Å². The first kappa shape index (κ1) is 18.5. The predicted octanol–water partition coefficient (Wildman–Crippen LogP) is 4.45. The average molecular weight is 402 g/mol. The molecular formula is C19H13F3N4O3. The van der Waals surface area contributed by atoms with E-state index in [1.54, 1.807) is 18.2 Å². The molecule has 0 aliphatic carbocycles. The smallest absolute Gasteiger partial charge is 0.416 e. The zero-order chi connectivity index (χ0) is 20.4. The van der Waals surface area contributed by atoms with Crippen molar-refractivity contribution in [3.8, 4) is 11.5 Å². The van der Waals surface area contributed by atoms with E-state index in [-0.39, 0.29) is 12.2 Å². The standard InChI is InChI=1S/C19H13F3N4O3/c20-19(21,22)13-4-1-3-12(7-13)10-26-11-14(9-23-26)24-18(27)15-8-17(29-25-15)16-5-2-6-28-16/h1-9,11H,10H2,(H,24,27). The monoisotopic (exact) mass is 402 g/mol. The Morgan fingerprint density at radius 3 is 2.76 bits per heavy atom. The fraction of sp³-hybridized carbons (Fsp3) is 0.105. The van der Waals surface area contributed by atoms with Gasteiger partial charge >= 0.3 is 6.18 Å². The highest BCUT2D eigenvalue weighted by Crippen LogP contribution is 2.29. The van der Waals surface area contributed by atoms with Crippen LogP contribution in [0.4, 0.5) is 18.9 Å². The maximum Gasteiger partial charge on any atom is 0.416 e. The SMILES string of the molecule is O=C(Nc1cnn(Cc2cccc(C(F)(F)F)c2)c1)c1cc(-c2ccco2)on1. The normalized spacial score (nSPS) is 11.6. The lowest BCUT2D eigenvalue weighted by molar-refractivity contribution is -0.137. The van der Waals surface area contributed by atoms with Crippen LogP contribution in [0.2, 0.25) is 0 Å². The number of carbonyl (C=O) groups is 1. The number of hydrogen-bond acceptors (Lipinski definition) is 5. The number of alkyl halides is 3. The Kier molecular flexibility index (Phi) is 4.67. The summed E-state index contributed by atoms with van der Waals surface area (Å²) >= 11 is 0. The van der Waals surface area contributed by atoms with Crippen LogP contribution in [0.5, 0.6) is 0 Å². The van der Waals surface area contributed by atoms with E-state index in [0.717, 1.165) is 12.1 Å². The van der Waals surface area contributed by atoms with Gasteiger partial charge in [-0.3, -0.25) is 9.48 Å². The van der Waals surface area contributed by atoms with Crippen LogP contribution in [0.3, 0.4) is 0 Å². The second-order valence-corrected chi connectivity index (χ2v) is 6.13. The maximum atomic E-state index is 12.8. The molecule has 0 saturated heterocycles. The first-order valence-electron chi connectivity index (χ1n) is 8.39. The zero-order valence-electron chi connectivity index (χ0n) is 14.7. The third-order valence-corrected chi connectivity index (χ3v) is 4.00. The maximum absolute atomic E-state index is 12.8. The first-order valence-corrected chi connectivity index (χ1v) is 8.39. The number of anilines is 1. The summed E-state index contributed by atoms with van der Waals surface area (Å²) < 4.78 is 50.1. The van der Waals surface area contributed by atoms with E-state index in [0.29, 0.717) is 22.8 Å². The van der Waals surface area contributed by atoms with E-state index in [2.05, 4.69) is 15.6 Å². The number of halogens is 3. The van der Waals surface area contributed by atoms with Gasteiger partial charge in [0.25, 0.3) is 5.91 Å². The highest BCUT2D eigenvalue weighted by Gasteiger charge is 2.30. The van der Waals surface area contributed by atoms with Crippen molar-refractivity contribution in [2.75, 3.05) is 5.32 Å². The van der Waals surface area contributed by atoms with Gasteiger partial charge in [0.05, 0.1) is 30.3 Å². The number of nitrogens with one attached hydrogen (secondary N) is 1. The molecule has 1 N–H and O–H groups in total. The van der Waals surface area contributed by atoms with Gasteiger partial charge < -0.3 is 14.3 Å². The van der Waals surface area contributed by atoms with Crippen LogP contribution in [0.15, 0.2) is 70.1 Å². The topological polar surface area (TPSA) is 86.1 Å². The van der Waals surface area contributed by atoms with E-state index in [4.69, 9.17) is 8.94 Å². The quantitative estimate of drug-likeness (QED) is 0.533. The molecule has 4 rings (SSSR count). The Balaban J connectivity index is 1.42. The molecule has 0 spiro atoms. The molecule has 10 heteroatoms. The van der Waals surface area contributed by atoms with E-state index < -0.39 is 17.6 Å². The number of hydrogen-bond donors (Lipinski definition) is 1. The van der Waals surface area contributed by atoms with Crippen molar-refractivity contribution >= 4 is 11.6 Å². The average Bonchev–Trinajstić information content (AvgIpc) is 3.43. The Morgan fingerprint density at radius 1 is 1.14 bits per heavy atom. The van der Waals surface area contributed by atoms with Crippen LogP contribution in [-0.4, -0.2) is 20.8 Å². The second kappa shape index (κ2) is 7.30. The van der Waals surface area contributed by atoms with Crippen molar-refractivity contribution in [1.29, 1.82) is 0 Å². The Morgan fingerprint density at radius 2 is 2.00 bits per heavy atom. The Hall–Kier alpha value is -3.82. The Labute approximate surface area is 161 Å². The molecule has 0 aliphatic rings. The van der Waals surface area contributed by atoms with Crippen LogP contribution in [0.1, 0.15) is 21.6 Å². The van der Waals surface area contributed by atoms with Gasteiger partial charge in [-0.2, -0.15) is 18.3 Å². The van der Waals surface area contributed by atoms with Crippen molar-refractivity contribution in [2.24, 2.45) is 0 Å². The molecule has 0 saturated carbocycles. The number of nitrogens with zero attached hydrogens (tertiary/aromatic N) is 3. The minimum absolute atomic E-state index is 0.0435. The molecule has 29 heavy (non-hydrogen) atoms. The molecule has 1 amide bonds. The number of carbonyl (C=O) groups excluding carboxylic acids is 1. The van der Waals surface area contributed by atoms with Gasteiger partial charge in [0.2, 0.25) is 5.76 Å². The number of amides is 1. The fourth-order valence-corrected chi connectivity index (χ4v) is 2.66. The van der Waals surface area contributed by atoms with Crippen molar-refractivity contribution in [2.45, 2.75) is 12.7 Å². The van der Waals surface area contributed by atoms with Gasteiger partial charge in [0.15, 0.2) is 11.5 Å². The van der Waals surface area contributed by atoms with Crippen molar-refractivity contribution in [1.82, 2.24) is 14.9 Å². The lowest BCUT2D eigenvalue weighted by Gasteiger charge is -2.08. The summed E-state index contributed by atoms with van der Waals surface area (Å²) in [6, 6.07) is 9.75. The summed E-state index contributed by atoms with van der Waals surface area (Å²) in [5, 5.41) is 10.4. The summed E-state index contributed by atoms with van der Waals surface area (Å²) in [4.78, 5) is 12.3. The van der Waals surface area contributed by atoms with E-state index in [1.807, 2.05) is 0 Å². The van der Waals surface area contributed by atoms with Crippen molar-refractivity contribution in [3.05, 3.63) is 77.9 Å².